The van der Waals surface area contributed by atoms with Gasteiger partial charge in [-0.05, 0) is 95.5 Å². The summed E-state index contributed by atoms with van der Waals surface area (Å²) in [5.74, 6) is 3.01. The lowest BCUT2D eigenvalue weighted by molar-refractivity contribution is -0.0666. The van der Waals surface area contributed by atoms with Crippen molar-refractivity contribution in [3.63, 3.8) is 0 Å². The lowest BCUT2D eigenvalue weighted by Gasteiger charge is -2.59. The topological polar surface area (TPSA) is 26.0 Å². The van der Waals surface area contributed by atoms with Crippen molar-refractivity contribution >= 4 is 27.3 Å². The second-order valence-electron chi connectivity index (χ2n) is 7.28. The zero-order valence-electron chi connectivity index (χ0n) is 11.3. The van der Waals surface area contributed by atoms with Gasteiger partial charge in [0.15, 0.2) is 0 Å². The number of rotatable bonds is 3. The molecule has 0 aromatic carbocycles. The molecule has 1 nitrogen and oxygen atoms in total. The molecule has 4 bridgehead atoms. The van der Waals surface area contributed by atoms with Crippen LogP contribution in [0.25, 0.3) is 0 Å². The fourth-order valence-electron chi connectivity index (χ4n) is 5.52. The third kappa shape index (κ3) is 2.13. The molecule has 1 unspecified atom stereocenters. The summed E-state index contributed by atoms with van der Waals surface area (Å²) in [6.45, 7) is 0. The third-order valence-electron chi connectivity index (χ3n) is 5.97. The van der Waals surface area contributed by atoms with Crippen molar-refractivity contribution in [3.8, 4) is 0 Å². The minimum atomic E-state index is 0.371. The Kier molecular flexibility index (Phi) is 3.09. The van der Waals surface area contributed by atoms with Gasteiger partial charge in [-0.3, -0.25) is 0 Å². The van der Waals surface area contributed by atoms with E-state index in [2.05, 4.69) is 27.4 Å². The Balaban J connectivity index is 1.56. The maximum absolute atomic E-state index is 6.72. The number of hydrogen-bond donors (Lipinski definition) is 1. The van der Waals surface area contributed by atoms with Crippen LogP contribution < -0.4 is 5.73 Å². The lowest BCUT2D eigenvalue weighted by Crippen LogP contribution is -2.55. The van der Waals surface area contributed by atoms with Gasteiger partial charge in [-0.2, -0.15) is 0 Å². The average Bonchev–Trinajstić information content (AvgIpc) is 2.73. The average molecular weight is 340 g/mol. The Bertz CT molecular complexity index is 446. The van der Waals surface area contributed by atoms with Gasteiger partial charge in [-0.15, -0.1) is 11.3 Å². The van der Waals surface area contributed by atoms with Gasteiger partial charge in [0.25, 0.3) is 0 Å². The van der Waals surface area contributed by atoms with Gasteiger partial charge in [0.2, 0.25) is 0 Å². The molecule has 104 valence electrons. The van der Waals surface area contributed by atoms with Crippen LogP contribution in [0.2, 0.25) is 0 Å². The standard InChI is InChI=1S/C16H22BrNS/c17-13-1-2-19-14(13)6-15(18)16-7-10-3-11(8-16)5-12(4-10)9-16/h1-2,10-12,15H,3-9,18H2. The molecule has 1 atom stereocenters. The van der Waals surface area contributed by atoms with E-state index in [1.807, 2.05) is 11.3 Å². The highest BCUT2D eigenvalue weighted by atomic mass is 79.9. The normalized spacial score (nSPS) is 41.7. The summed E-state index contributed by atoms with van der Waals surface area (Å²) in [7, 11) is 0. The zero-order chi connectivity index (χ0) is 13.0. The molecule has 4 fully saturated rings. The Labute approximate surface area is 128 Å². The van der Waals surface area contributed by atoms with Crippen molar-refractivity contribution in [2.24, 2.45) is 28.9 Å². The molecule has 1 aromatic heterocycles. The van der Waals surface area contributed by atoms with Crippen molar-refractivity contribution in [2.45, 2.75) is 51.0 Å². The van der Waals surface area contributed by atoms with Crippen molar-refractivity contribution in [3.05, 3.63) is 20.8 Å². The van der Waals surface area contributed by atoms with Gasteiger partial charge in [0.1, 0.15) is 0 Å². The molecule has 0 spiro atoms. The molecule has 3 heteroatoms. The van der Waals surface area contributed by atoms with Crippen molar-refractivity contribution < 1.29 is 0 Å². The van der Waals surface area contributed by atoms with Crippen LogP contribution in [-0.4, -0.2) is 6.04 Å². The first-order valence-corrected chi connectivity index (χ1v) is 9.29. The molecule has 19 heavy (non-hydrogen) atoms. The Hall–Kier alpha value is 0.140. The van der Waals surface area contributed by atoms with Crippen LogP contribution >= 0.6 is 27.3 Å². The van der Waals surface area contributed by atoms with E-state index < -0.39 is 0 Å². The molecule has 4 aliphatic carbocycles. The Morgan fingerprint density at radius 3 is 2.26 bits per heavy atom. The van der Waals surface area contributed by atoms with Crippen molar-refractivity contribution in [1.29, 1.82) is 0 Å². The molecule has 1 aromatic rings. The predicted octanol–water partition coefficient (Wildman–Crippen LogP) is 4.60. The molecular formula is C16H22BrNS. The van der Waals surface area contributed by atoms with Crippen LogP contribution in [0, 0.1) is 23.2 Å². The van der Waals surface area contributed by atoms with Gasteiger partial charge in [0.05, 0.1) is 0 Å². The van der Waals surface area contributed by atoms with E-state index >= 15 is 0 Å². The highest BCUT2D eigenvalue weighted by Crippen LogP contribution is 2.61. The molecular weight excluding hydrogens is 318 g/mol. The number of hydrogen-bond acceptors (Lipinski definition) is 2. The Morgan fingerprint density at radius 2 is 1.79 bits per heavy atom. The maximum atomic E-state index is 6.72. The van der Waals surface area contributed by atoms with Crippen molar-refractivity contribution in [1.82, 2.24) is 0 Å². The van der Waals surface area contributed by atoms with Gasteiger partial charge in [0, 0.05) is 15.4 Å². The van der Waals surface area contributed by atoms with Crippen LogP contribution in [0.5, 0.6) is 0 Å². The van der Waals surface area contributed by atoms with Gasteiger partial charge in [-0.25, -0.2) is 0 Å². The van der Waals surface area contributed by atoms with Crippen LogP contribution in [0.3, 0.4) is 0 Å². The summed E-state index contributed by atoms with van der Waals surface area (Å²) in [5, 5.41) is 2.17. The maximum Gasteiger partial charge on any atom is 0.0314 e. The highest BCUT2D eigenvalue weighted by Gasteiger charge is 2.53. The molecule has 0 saturated heterocycles. The lowest BCUT2D eigenvalue weighted by atomic mass is 9.47. The third-order valence-corrected chi connectivity index (χ3v) is 7.92. The first kappa shape index (κ1) is 12.8. The molecule has 4 saturated carbocycles. The van der Waals surface area contributed by atoms with Gasteiger partial charge in [-0.1, -0.05) is 0 Å². The summed E-state index contributed by atoms with van der Waals surface area (Å²) in [6, 6.07) is 2.53. The molecule has 5 rings (SSSR count). The number of nitrogens with two attached hydrogens (primary N) is 1. The SMILES string of the molecule is NC(Cc1sccc1Br)C12CC3CC(CC(C3)C1)C2. The summed E-state index contributed by atoms with van der Waals surface area (Å²) >= 11 is 5.51. The fraction of sp³-hybridized carbons (Fsp3) is 0.750. The van der Waals surface area contributed by atoms with E-state index in [1.165, 1.54) is 47.9 Å². The van der Waals surface area contributed by atoms with E-state index in [0.29, 0.717) is 11.5 Å². The molecule has 0 radical (unpaired) electrons. The molecule has 2 N–H and O–H groups in total. The number of halogens is 1. The molecule has 4 aliphatic rings. The minimum absolute atomic E-state index is 0.371. The summed E-state index contributed by atoms with van der Waals surface area (Å²) < 4.78 is 1.26. The molecule has 0 aliphatic heterocycles. The number of thiophene rings is 1. The zero-order valence-corrected chi connectivity index (χ0v) is 13.7. The summed E-state index contributed by atoms with van der Waals surface area (Å²) in [4.78, 5) is 1.45. The van der Waals surface area contributed by atoms with Gasteiger partial charge >= 0.3 is 0 Å². The van der Waals surface area contributed by atoms with E-state index in [9.17, 15) is 0 Å². The van der Waals surface area contributed by atoms with E-state index in [1.54, 1.807) is 0 Å². The minimum Gasteiger partial charge on any atom is -0.327 e. The fourth-order valence-corrected chi connectivity index (χ4v) is 7.09. The van der Waals surface area contributed by atoms with E-state index in [0.717, 1.165) is 24.2 Å². The van der Waals surface area contributed by atoms with Crippen LogP contribution in [0.4, 0.5) is 0 Å². The largest absolute Gasteiger partial charge is 0.327 e. The van der Waals surface area contributed by atoms with Gasteiger partial charge < -0.3 is 5.73 Å². The van der Waals surface area contributed by atoms with Crippen LogP contribution in [0.1, 0.15) is 43.4 Å². The predicted molar refractivity (Wildman–Crippen MR) is 84.3 cm³/mol. The molecule has 1 heterocycles. The first-order valence-electron chi connectivity index (χ1n) is 7.62. The monoisotopic (exact) mass is 339 g/mol. The van der Waals surface area contributed by atoms with E-state index in [-0.39, 0.29) is 0 Å². The highest BCUT2D eigenvalue weighted by molar-refractivity contribution is 9.10. The molecule has 0 amide bonds. The second-order valence-corrected chi connectivity index (χ2v) is 9.14. The summed E-state index contributed by atoms with van der Waals surface area (Å²) in [6.07, 6.45) is 9.86. The quantitative estimate of drug-likeness (QED) is 0.855. The van der Waals surface area contributed by atoms with Crippen LogP contribution in [0.15, 0.2) is 15.9 Å². The first-order chi connectivity index (χ1) is 9.14. The second kappa shape index (κ2) is 4.57. The van der Waals surface area contributed by atoms with Crippen molar-refractivity contribution in [2.75, 3.05) is 0 Å². The summed E-state index contributed by atoms with van der Waals surface area (Å²) in [5.41, 5.74) is 7.20. The Morgan fingerprint density at radius 1 is 1.21 bits per heavy atom. The van der Waals surface area contributed by atoms with E-state index in [4.69, 9.17) is 5.73 Å². The smallest absolute Gasteiger partial charge is 0.0314 e. The van der Waals surface area contributed by atoms with Crippen LogP contribution in [-0.2, 0) is 6.42 Å².